The molecule has 0 aliphatic carbocycles. The van der Waals surface area contributed by atoms with Crippen LogP contribution in [-0.4, -0.2) is 27.8 Å². The third-order valence-corrected chi connectivity index (χ3v) is 7.91. The Hall–Kier alpha value is -2.66. The van der Waals surface area contributed by atoms with E-state index in [0.29, 0.717) is 22.5 Å². The van der Waals surface area contributed by atoms with Crippen LogP contribution in [0.25, 0.3) is 10.8 Å². The predicted molar refractivity (Wildman–Crippen MR) is 145 cm³/mol. The summed E-state index contributed by atoms with van der Waals surface area (Å²) < 4.78 is 1.76. The Balaban J connectivity index is 1.45. The van der Waals surface area contributed by atoms with E-state index < -0.39 is 0 Å². The molecule has 1 fully saturated rings. The second-order valence-electron chi connectivity index (χ2n) is 9.37. The molecule has 1 saturated heterocycles. The summed E-state index contributed by atoms with van der Waals surface area (Å²) in [5.74, 6) is 0. The van der Waals surface area contributed by atoms with Crippen molar-refractivity contribution in [2.24, 2.45) is 0 Å². The highest BCUT2D eigenvalue weighted by Crippen LogP contribution is 2.29. The maximum absolute atomic E-state index is 13.5. The van der Waals surface area contributed by atoms with E-state index in [1.165, 1.54) is 5.56 Å². The third kappa shape index (κ3) is 5.16. The Kier molecular flexibility index (Phi) is 7.24. The average Bonchev–Trinajstić information content (AvgIpc) is 3.14. The fourth-order valence-corrected chi connectivity index (χ4v) is 5.49. The first kappa shape index (κ1) is 24.1. The molecule has 3 aromatic carbocycles. The molecular weight excluding hydrogens is 477 g/mol. The van der Waals surface area contributed by atoms with Crippen LogP contribution in [0.3, 0.4) is 0 Å². The molecular formula is C29H29Cl2N3O. The standard InChI is InChI=1S/C29H29Cl2N3O/c1-20(22-8-3-2-4-9-22)33-16-7-10-23(15-17-33)34-29(35)25-12-6-5-11-24(25)28(32-34)19-21-13-14-26(30)27(31)18-21/h2-6,8-9,11-14,18,20,23H,7,10,15-17,19H2,1H3. The number of rotatable bonds is 5. The summed E-state index contributed by atoms with van der Waals surface area (Å²) in [6.07, 6.45) is 3.45. The molecule has 0 radical (unpaired) electrons. The lowest BCUT2D eigenvalue weighted by Crippen LogP contribution is -2.31. The van der Waals surface area contributed by atoms with Gasteiger partial charge in [-0.2, -0.15) is 5.10 Å². The number of halogens is 2. The highest BCUT2D eigenvalue weighted by atomic mass is 35.5. The Labute approximate surface area is 216 Å². The van der Waals surface area contributed by atoms with Gasteiger partial charge in [0.25, 0.3) is 5.56 Å². The second kappa shape index (κ2) is 10.5. The van der Waals surface area contributed by atoms with Gasteiger partial charge in [-0.05, 0) is 62.1 Å². The van der Waals surface area contributed by atoms with Gasteiger partial charge in [0.1, 0.15) is 0 Å². The molecule has 2 unspecified atom stereocenters. The highest BCUT2D eigenvalue weighted by molar-refractivity contribution is 6.42. The lowest BCUT2D eigenvalue weighted by Gasteiger charge is -2.28. The first-order chi connectivity index (χ1) is 17.0. The average molecular weight is 506 g/mol. The Morgan fingerprint density at radius 1 is 0.914 bits per heavy atom. The van der Waals surface area contributed by atoms with E-state index in [1.54, 1.807) is 4.68 Å². The molecule has 0 saturated carbocycles. The number of likely N-dealkylation sites (tertiary alicyclic amines) is 1. The van der Waals surface area contributed by atoms with Gasteiger partial charge in [0.15, 0.2) is 0 Å². The summed E-state index contributed by atoms with van der Waals surface area (Å²) in [5, 5.41) is 7.63. The molecule has 180 valence electrons. The Morgan fingerprint density at radius 3 is 2.43 bits per heavy atom. The third-order valence-electron chi connectivity index (χ3n) is 7.17. The van der Waals surface area contributed by atoms with Crippen LogP contribution >= 0.6 is 23.2 Å². The van der Waals surface area contributed by atoms with Crippen LogP contribution in [0.1, 0.15) is 55.1 Å². The number of benzene rings is 3. The smallest absolute Gasteiger partial charge is 0.274 e. The fourth-order valence-electron chi connectivity index (χ4n) is 5.17. The van der Waals surface area contributed by atoms with E-state index >= 15 is 0 Å². The van der Waals surface area contributed by atoms with E-state index in [4.69, 9.17) is 28.3 Å². The number of aromatic nitrogens is 2. The van der Waals surface area contributed by atoms with E-state index in [2.05, 4.69) is 42.2 Å². The van der Waals surface area contributed by atoms with Crippen molar-refractivity contribution in [1.29, 1.82) is 0 Å². The molecule has 0 spiro atoms. The number of hydrogen-bond acceptors (Lipinski definition) is 3. The fraction of sp³-hybridized carbons (Fsp3) is 0.310. The molecule has 1 aliphatic heterocycles. The van der Waals surface area contributed by atoms with E-state index in [1.807, 2.05) is 42.5 Å². The summed E-state index contributed by atoms with van der Waals surface area (Å²) in [6.45, 7) is 4.22. The zero-order chi connectivity index (χ0) is 24.4. The van der Waals surface area contributed by atoms with Crippen LogP contribution in [0.4, 0.5) is 0 Å². The van der Waals surface area contributed by atoms with Crippen molar-refractivity contribution in [3.8, 4) is 0 Å². The first-order valence-corrected chi connectivity index (χ1v) is 13.0. The Bertz CT molecular complexity index is 1390. The van der Waals surface area contributed by atoms with Crippen LogP contribution in [0, 0.1) is 0 Å². The van der Waals surface area contributed by atoms with Crippen molar-refractivity contribution >= 4 is 34.0 Å². The maximum atomic E-state index is 13.5. The van der Waals surface area contributed by atoms with Crippen molar-refractivity contribution < 1.29 is 0 Å². The maximum Gasteiger partial charge on any atom is 0.274 e. The molecule has 1 aromatic heterocycles. The van der Waals surface area contributed by atoms with Gasteiger partial charge in [0.2, 0.25) is 0 Å². The van der Waals surface area contributed by atoms with Gasteiger partial charge in [-0.3, -0.25) is 9.69 Å². The highest BCUT2D eigenvalue weighted by Gasteiger charge is 2.25. The van der Waals surface area contributed by atoms with Gasteiger partial charge in [-0.15, -0.1) is 0 Å². The molecule has 5 rings (SSSR count). The molecule has 6 heteroatoms. The lowest BCUT2D eigenvalue weighted by atomic mass is 10.0. The zero-order valence-electron chi connectivity index (χ0n) is 19.8. The molecule has 2 atom stereocenters. The van der Waals surface area contributed by atoms with Crippen molar-refractivity contribution in [2.45, 2.75) is 44.7 Å². The van der Waals surface area contributed by atoms with Crippen LogP contribution in [0.15, 0.2) is 77.6 Å². The summed E-state index contributed by atoms with van der Waals surface area (Å²) >= 11 is 12.4. The number of fused-ring (bicyclic) bond motifs is 1. The van der Waals surface area contributed by atoms with Gasteiger partial charge in [0, 0.05) is 24.4 Å². The molecule has 35 heavy (non-hydrogen) atoms. The normalized spacial score (nSPS) is 17.9. The van der Waals surface area contributed by atoms with Gasteiger partial charge < -0.3 is 0 Å². The van der Waals surface area contributed by atoms with Gasteiger partial charge in [0.05, 0.1) is 27.2 Å². The van der Waals surface area contributed by atoms with Crippen LogP contribution in [0.2, 0.25) is 10.0 Å². The Morgan fingerprint density at radius 2 is 1.66 bits per heavy atom. The summed E-state index contributed by atoms with van der Waals surface area (Å²) in [4.78, 5) is 16.1. The number of nitrogens with zero attached hydrogens (tertiary/aromatic N) is 3. The quantitative estimate of drug-likeness (QED) is 0.290. The minimum atomic E-state index is -0.00644. The largest absolute Gasteiger partial charge is 0.297 e. The zero-order valence-corrected chi connectivity index (χ0v) is 21.3. The predicted octanol–water partition coefficient (Wildman–Crippen LogP) is 7.08. The lowest BCUT2D eigenvalue weighted by molar-refractivity contribution is 0.215. The monoisotopic (exact) mass is 505 g/mol. The summed E-state index contributed by atoms with van der Waals surface area (Å²) in [7, 11) is 0. The SMILES string of the molecule is CC(c1ccccc1)N1CCCC(n2nc(Cc3ccc(Cl)c(Cl)c3)c3ccccc3c2=O)CC1. The van der Waals surface area contributed by atoms with Crippen molar-refractivity contribution in [3.63, 3.8) is 0 Å². The van der Waals surface area contributed by atoms with E-state index in [9.17, 15) is 4.79 Å². The van der Waals surface area contributed by atoms with Gasteiger partial charge >= 0.3 is 0 Å². The van der Waals surface area contributed by atoms with Crippen LogP contribution in [-0.2, 0) is 6.42 Å². The molecule has 4 nitrogen and oxygen atoms in total. The van der Waals surface area contributed by atoms with Crippen molar-refractivity contribution in [1.82, 2.24) is 14.7 Å². The number of hydrogen-bond donors (Lipinski definition) is 0. The summed E-state index contributed by atoms with van der Waals surface area (Å²) in [6, 6.07) is 24.5. The van der Waals surface area contributed by atoms with Crippen molar-refractivity contribution in [3.05, 3.63) is 110 Å². The molecule has 0 bridgehead atoms. The molecule has 0 amide bonds. The van der Waals surface area contributed by atoms with Crippen molar-refractivity contribution in [2.75, 3.05) is 13.1 Å². The molecule has 0 N–H and O–H groups in total. The van der Waals surface area contributed by atoms with Gasteiger partial charge in [-0.25, -0.2) is 4.68 Å². The van der Waals surface area contributed by atoms with Crippen LogP contribution < -0.4 is 5.56 Å². The molecule has 2 heterocycles. The second-order valence-corrected chi connectivity index (χ2v) is 10.2. The molecule has 4 aromatic rings. The minimum absolute atomic E-state index is 0.00644. The van der Waals surface area contributed by atoms with Gasteiger partial charge in [-0.1, -0.05) is 77.8 Å². The summed E-state index contributed by atoms with van der Waals surface area (Å²) in [5.41, 5.74) is 3.23. The van der Waals surface area contributed by atoms with Crippen LogP contribution in [0.5, 0.6) is 0 Å². The van der Waals surface area contributed by atoms with E-state index in [-0.39, 0.29) is 11.6 Å². The minimum Gasteiger partial charge on any atom is -0.297 e. The topological polar surface area (TPSA) is 38.1 Å². The van der Waals surface area contributed by atoms with E-state index in [0.717, 1.165) is 54.4 Å². The molecule has 1 aliphatic rings. The first-order valence-electron chi connectivity index (χ1n) is 12.2.